The number of halogens is 2. The number of nitrogens with zero attached hydrogens (tertiary/aromatic N) is 4. The summed E-state index contributed by atoms with van der Waals surface area (Å²) in [5.74, 6) is -0.490. The van der Waals surface area contributed by atoms with E-state index in [1.54, 1.807) is 23.9 Å². The Hall–Kier alpha value is -3.20. The maximum Gasteiger partial charge on any atom is 0.163 e. The first-order chi connectivity index (χ1) is 14.8. The summed E-state index contributed by atoms with van der Waals surface area (Å²) in [6, 6.07) is 7.26. The maximum atomic E-state index is 15.2. The highest BCUT2D eigenvalue weighted by molar-refractivity contribution is 5.95. The molecule has 1 aliphatic heterocycles. The molecule has 2 atom stereocenters. The lowest BCUT2D eigenvalue weighted by molar-refractivity contribution is 0.407. The van der Waals surface area contributed by atoms with Gasteiger partial charge in [0.15, 0.2) is 11.6 Å². The van der Waals surface area contributed by atoms with Crippen molar-refractivity contribution in [3.8, 4) is 0 Å². The van der Waals surface area contributed by atoms with Crippen LogP contribution in [0.4, 0.5) is 26.0 Å². The second kappa shape index (κ2) is 7.19. The van der Waals surface area contributed by atoms with Crippen LogP contribution in [0.2, 0.25) is 0 Å². The van der Waals surface area contributed by atoms with E-state index in [2.05, 4.69) is 44.7 Å². The number of rotatable bonds is 3. The third-order valence-corrected chi connectivity index (χ3v) is 5.97. The van der Waals surface area contributed by atoms with E-state index in [1.165, 1.54) is 6.07 Å². The molecule has 5 rings (SSSR count). The van der Waals surface area contributed by atoms with Crippen molar-refractivity contribution in [3.63, 3.8) is 0 Å². The molecule has 3 N–H and O–H groups in total. The van der Waals surface area contributed by atoms with Crippen molar-refractivity contribution in [3.05, 3.63) is 41.6 Å². The Bertz CT molecular complexity index is 1280. The van der Waals surface area contributed by atoms with Gasteiger partial charge in [-0.3, -0.25) is 9.78 Å². The van der Waals surface area contributed by atoms with Crippen LogP contribution < -0.4 is 15.5 Å². The van der Waals surface area contributed by atoms with Gasteiger partial charge in [0.2, 0.25) is 0 Å². The molecule has 2 aromatic heterocycles. The standard InChI is InChI=1S/C22H25F2N7/c1-11-9-31(10-12(2)25-11)15-7-17(23)20-19(8-15)27-28-22(20)26-14-5-16-13(3)30(4)29-21(16)18(24)6-14/h5-8,11-12,25H,9-10H2,1-4H3,(H2,26,27,28)/t11-,12-/m0/s1. The van der Waals surface area contributed by atoms with E-state index in [4.69, 9.17) is 0 Å². The summed E-state index contributed by atoms with van der Waals surface area (Å²) in [6.45, 7) is 7.73. The van der Waals surface area contributed by atoms with Gasteiger partial charge in [0.1, 0.15) is 11.3 Å². The minimum absolute atomic E-state index is 0.313. The van der Waals surface area contributed by atoms with Crippen LogP contribution in [-0.2, 0) is 7.05 Å². The number of H-pyrrole nitrogens is 1. The summed E-state index contributed by atoms with van der Waals surface area (Å²) in [5, 5.41) is 19.0. The fourth-order valence-corrected chi connectivity index (χ4v) is 4.49. The average molecular weight is 425 g/mol. The summed E-state index contributed by atoms with van der Waals surface area (Å²) >= 11 is 0. The molecule has 1 aliphatic rings. The Labute approximate surface area is 178 Å². The number of anilines is 3. The average Bonchev–Trinajstić information content (AvgIpc) is 3.23. The van der Waals surface area contributed by atoms with Crippen molar-refractivity contribution < 1.29 is 8.78 Å². The molecule has 2 aromatic carbocycles. The van der Waals surface area contributed by atoms with Gasteiger partial charge in [-0.1, -0.05) is 0 Å². The zero-order valence-electron chi connectivity index (χ0n) is 17.9. The van der Waals surface area contributed by atoms with Gasteiger partial charge in [0, 0.05) is 54.7 Å². The van der Waals surface area contributed by atoms with Crippen molar-refractivity contribution in [2.24, 2.45) is 7.05 Å². The molecule has 7 nitrogen and oxygen atoms in total. The van der Waals surface area contributed by atoms with Gasteiger partial charge in [-0.2, -0.15) is 10.2 Å². The number of piperazine rings is 1. The van der Waals surface area contributed by atoms with Crippen LogP contribution in [0, 0.1) is 18.6 Å². The van der Waals surface area contributed by atoms with Crippen LogP contribution in [0.3, 0.4) is 0 Å². The molecule has 1 fully saturated rings. The largest absolute Gasteiger partial charge is 0.368 e. The zero-order chi connectivity index (χ0) is 21.9. The second-order valence-electron chi connectivity index (χ2n) is 8.48. The summed E-state index contributed by atoms with van der Waals surface area (Å²) in [4.78, 5) is 2.18. The van der Waals surface area contributed by atoms with E-state index < -0.39 is 5.82 Å². The fraction of sp³-hybridized carbons (Fsp3) is 0.364. The van der Waals surface area contributed by atoms with Crippen molar-refractivity contribution in [2.75, 3.05) is 23.3 Å². The molecular formula is C22H25F2N7. The van der Waals surface area contributed by atoms with E-state index in [-0.39, 0.29) is 5.82 Å². The minimum Gasteiger partial charge on any atom is -0.368 e. The van der Waals surface area contributed by atoms with Crippen molar-refractivity contribution >= 4 is 39.0 Å². The molecule has 31 heavy (non-hydrogen) atoms. The number of aromatic nitrogens is 4. The molecule has 0 aliphatic carbocycles. The number of aryl methyl sites for hydroxylation is 2. The number of fused-ring (bicyclic) bond motifs is 2. The first kappa shape index (κ1) is 19.7. The number of nitrogens with one attached hydrogen (secondary N) is 3. The smallest absolute Gasteiger partial charge is 0.163 e. The molecule has 0 unspecified atom stereocenters. The van der Waals surface area contributed by atoms with Crippen LogP contribution in [0.1, 0.15) is 19.5 Å². The Morgan fingerprint density at radius 2 is 1.81 bits per heavy atom. The predicted molar refractivity (Wildman–Crippen MR) is 119 cm³/mol. The third-order valence-electron chi connectivity index (χ3n) is 5.97. The SMILES string of the molecule is Cc1c2cc(Nc3n[nH]c4cc(N5C[C@H](C)N[C@@H](C)C5)cc(F)c34)cc(F)c2nn1C. The number of aromatic amines is 1. The van der Waals surface area contributed by atoms with Crippen molar-refractivity contribution in [2.45, 2.75) is 32.9 Å². The molecule has 0 saturated carbocycles. The molecule has 4 aromatic rings. The van der Waals surface area contributed by atoms with Gasteiger partial charge in [-0.25, -0.2) is 8.78 Å². The van der Waals surface area contributed by atoms with E-state index in [0.717, 1.165) is 24.5 Å². The number of benzene rings is 2. The molecular weight excluding hydrogens is 400 g/mol. The zero-order valence-corrected chi connectivity index (χ0v) is 17.9. The quantitative estimate of drug-likeness (QED) is 0.463. The third kappa shape index (κ3) is 3.38. The van der Waals surface area contributed by atoms with Gasteiger partial charge < -0.3 is 15.5 Å². The highest BCUT2D eigenvalue weighted by Crippen LogP contribution is 2.33. The van der Waals surface area contributed by atoms with Crippen LogP contribution in [0.5, 0.6) is 0 Å². The van der Waals surface area contributed by atoms with Crippen molar-refractivity contribution in [1.29, 1.82) is 0 Å². The van der Waals surface area contributed by atoms with Gasteiger partial charge in [-0.05, 0) is 45.0 Å². The minimum atomic E-state index is -0.437. The van der Waals surface area contributed by atoms with Gasteiger partial charge >= 0.3 is 0 Å². The van der Waals surface area contributed by atoms with Gasteiger partial charge in [-0.15, -0.1) is 0 Å². The van der Waals surface area contributed by atoms with E-state index in [1.807, 2.05) is 13.0 Å². The van der Waals surface area contributed by atoms with Crippen LogP contribution in [0.25, 0.3) is 21.8 Å². The first-order valence-electron chi connectivity index (χ1n) is 10.4. The predicted octanol–water partition coefficient (Wildman–Crippen LogP) is 3.97. The highest BCUT2D eigenvalue weighted by Gasteiger charge is 2.23. The highest BCUT2D eigenvalue weighted by atomic mass is 19.1. The molecule has 0 radical (unpaired) electrons. The van der Waals surface area contributed by atoms with Crippen LogP contribution in [0.15, 0.2) is 24.3 Å². The maximum absolute atomic E-state index is 15.2. The lowest BCUT2D eigenvalue weighted by Gasteiger charge is -2.37. The monoisotopic (exact) mass is 425 g/mol. The van der Waals surface area contributed by atoms with E-state index >= 15 is 4.39 Å². The lowest BCUT2D eigenvalue weighted by Crippen LogP contribution is -2.54. The van der Waals surface area contributed by atoms with Crippen LogP contribution in [-0.4, -0.2) is 45.2 Å². The Morgan fingerprint density at radius 1 is 1.06 bits per heavy atom. The van der Waals surface area contributed by atoms with Crippen LogP contribution >= 0.6 is 0 Å². The Kier molecular flexibility index (Phi) is 4.58. The fourth-order valence-electron chi connectivity index (χ4n) is 4.49. The molecule has 162 valence electrons. The second-order valence-corrected chi connectivity index (χ2v) is 8.48. The number of hydrogen-bond donors (Lipinski definition) is 3. The summed E-state index contributed by atoms with van der Waals surface area (Å²) in [7, 11) is 1.77. The Morgan fingerprint density at radius 3 is 2.55 bits per heavy atom. The topological polar surface area (TPSA) is 73.8 Å². The lowest BCUT2D eigenvalue weighted by atomic mass is 10.1. The van der Waals surface area contributed by atoms with E-state index in [9.17, 15) is 4.39 Å². The molecule has 9 heteroatoms. The summed E-state index contributed by atoms with van der Waals surface area (Å²) in [6.07, 6.45) is 0. The summed E-state index contributed by atoms with van der Waals surface area (Å²) < 4.78 is 31.4. The molecule has 1 saturated heterocycles. The Balaban J connectivity index is 1.50. The van der Waals surface area contributed by atoms with Gasteiger partial charge in [0.05, 0.1) is 10.9 Å². The van der Waals surface area contributed by atoms with Gasteiger partial charge in [0.25, 0.3) is 0 Å². The summed E-state index contributed by atoms with van der Waals surface area (Å²) in [5.41, 5.74) is 3.06. The molecule has 0 amide bonds. The molecule has 3 heterocycles. The number of hydrogen-bond acceptors (Lipinski definition) is 5. The van der Waals surface area contributed by atoms with Crippen molar-refractivity contribution in [1.82, 2.24) is 25.3 Å². The molecule has 0 spiro atoms. The normalized spacial score (nSPS) is 19.5. The van der Waals surface area contributed by atoms with E-state index in [0.29, 0.717) is 45.4 Å². The molecule has 0 bridgehead atoms. The first-order valence-corrected chi connectivity index (χ1v) is 10.4.